The van der Waals surface area contributed by atoms with Crippen LogP contribution in [-0.2, 0) is 6.54 Å². The normalized spacial score (nSPS) is 11.1. The van der Waals surface area contributed by atoms with Crippen LogP contribution in [0.4, 0.5) is 0 Å². The van der Waals surface area contributed by atoms with Gasteiger partial charge in [-0.2, -0.15) is 0 Å². The molecule has 0 saturated carbocycles. The van der Waals surface area contributed by atoms with Crippen molar-refractivity contribution >= 4 is 11.0 Å². The van der Waals surface area contributed by atoms with Crippen molar-refractivity contribution in [3.05, 3.63) is 78.2 Å². The molecule has 1 aromatic carbocycles. The van der Waals surface area contributed by atoms with Crippen molar-refractivity contribution in [1.29, 1.82) is 0 Å². The van der Waals surface area contributed by atoms with E-state index in [4.69, 9.17) is 4.74 Å². The molecule has 0 spiro atoms. The number of aromatic nitrogens is 5. The predicted molar refractivity (Wildman–Crippen MR) is 115 cm³/mol. The van der Waals surface area contributed by atoms with Gasteiger partial charge in [-0.05, 0) is 37.3 Å². The summed E-state index contributed by atoms with van der Waals surface area (Å²) >= 11 is 0. The van der Waals surface area contributed by atoms with Crippen molar-refractivity contribution in [1.82, 2.24) is 24.5 Å². The molecule has 31 heavy (non-hydrogen) atoms. The van der Waals surface area contributed by atoms with Crippen molar-refractivity contribution < 1.29 is 14.9 Å². The van der Waals surface area contributed by atoms with Gasteiger partial charge in [0.25, 0.3) is 0 Å². The van der Waals surface area contributed by atoms with Crippen LogP contribution in [0.1, 0.15) is 11.3 Å². The highest BCUT2D eigenvalue weighted by Gasteiger charge is 2.15. The number of fused-ring (bicyclic) bond motifs is 1. The molecule has 5 aromatic rings. The van der Waals surface area contributed by atoms with Crippen molar-refractivity contribution in [2.24, 2.45) is 0 Å². The van der Waals surface area contributed by atoms with Gasteiger partial charge in [-0.1, -0.05) is 6.07 Å². The summed E-state index contributed by atoms with van der Waals surface area (Å²) in [6.07, 6.45) is 3.36. The third-order valence-corrected chi connectivity index (χ3v) is 4.95. The highest BCUT2D eigenvalue weighted by molar-refractivity contribution is 5.81. The Morgan fingerprint density at radius 2 is 1.84 bits per heavy atom. The maximum atomic E-state index is 10.1. The molecule has 5 rings (SSSR count). The largest absolute Gasteiger partial charge is 0.494 e. The number of aromatic amines is 1. The minimum Gasteiger partial charge on any atom is -0.494 e. The SMILES string of the molecule is Cc1ccc(Oc2cc3nc(-c4ccccn4)[nH]c3cc2Cn2c(O)ccc2O)cn1. The lowest BCUT2D eigenvalue weighted by Crippen LogP contribution is -2.01. The van der Waals surface area contributed by atoms with Crippen LogP contribution in [0.2, 0.25) is 0 Å². The maximum absolute atomic E-state index is 10.1. The Morgan fingerprint density at radius 1 is 1.00 bits per heavy atom. The van der Waals surface area contributed by atoms with E-state index in [1.165, 1.54) is 16.7 Å². The first-order chi connectivity index (χ1) is 15.1. The summed E-state index contributed by atoms with van der Waals surface area (Å²) in [5.41, 5.74) is 3.85. The molecule has 0 bridgehead atoms. The Hall–Kier alpha value is -4.33. The molecule has 3 N–H and O–H groups in total. The number of nitrogens with zero attached hydrogens (tertiary/aromatic N) is 4. The first-order valence-electron chi connectivity index (χ1n) is 9.69. The van der Waals surface area contributed by atoms with E-state index in [1.54, 1.807) is 12.4 Å². The van der Waals surface area contributed by atoms with Gasteiger partial charge in [-0.25, -0.2) is 4.98 Å². The molecule has 8 heteroatoms. The minimum absolute atomic E-state index is 0.0423. The van der Waals surface area contributed by atoms with E-state index in [0.29, 0.717) is 22.8 Å². The topological polar surface area (TPSA) is 109 Å². The zero-order valence-corrected chi connectivity index (χ0v) is 16.6. The highest BCUT2D eigenvalue weighted by atomic mass is 16.5. The summed E-state index contributed by atoms with van der Waals surface area (Å²) in [6, 6.07) is 15.9. The number of rotatable bonds is 5. The molecular formula is C23H19N5O3. The molecule has 0 aliphatic heterocycles. The second-order valence-electron chi connectivity index (χ2n) is 7.15. The first kappa shape index (κ1) is 18.7. The van der Waals surface area contributed by atoms with E-state index in [2.05, 4.69) is 19.9 Å². The lowest BCUT2D eigenvalue weighted by atomic mass is 10.1. The van der Waals surface area contributed by atoms with Crippen molar-refractivity contribution in [3.8, 4) is 34.8 Å². The van der Waals surface area contributed by atoms with Gasteiger partial charge in [-0.3, -0.25) is 14.5 Å². The third-order valence-electron chi connectivity index (χ3n) is 4.95. The fraction of sp³-hybridized carbons (Fsp3) is 0.0870. The molecule has 4 heterocycles. The van der Waals surface area contributed by atoms with E-state index in [-0.39, 0.29) is 18.3 Å². The quantitative estimate of drug-likeness (QED) is 0.394. The zero-order chi connectivity index (χ0) is 21.4. The Labute approximate surface area is 177 Å². The summed E-state index contributed by atoms with van der Waals surface area (Å²) in [6.45, 7) is 2.11. The number of ether oxygens (including phenoxy) is 1. The molecule has 4 aromatic heterocycles. The zero-order valence-electron chi connectivity index (χ0n) is 16.6. The Morgan fingerprint density at radius 3 is 2.55 bits per heavy atom. The lowest BCUT2D eigenvalue weighted by Gasteiger charge is -2.13. The summed E-state index contributed by atoms with van der Waals surface area (Å²) in [5.74, 6) is 1.68. The Bertz CT molecular complexity index is 1340. The van der Waals surface area contributed by atoms with Crippen molar-refractivity contribution in [2.75, 3.05) is 0 Å². The van der Waals surface area contributed by atoms with E-state index < -0.39 is 0 Å². The molecule has 0 fully saturated rings. The number of aryl methyl sites for hydroxylation is 1. The summed E-state index contributed by atoms with van der Waals surface area (Å²) in [4.78, 5) is 16.6. The summed E-state index contributed by atoms with van der Waals surface area (Å²) in [5, 5.41) is 20.2. The second-order valence-corrected chi connectivity index (χ2v) is 7.15. The molecule has 0 unspecified atom stereocenters. The monoisotopic (exact) mass is 413 g/mol. The van der Waals surface area contributed by atoms with Crippen LogP contribution in [0, 0.1) is 6.92 Å². The number of hydrogen-bond donors (Lipinski definition) is 3. The van der Waals surface area contributed by atoms with Crippen LogP contribution in [0.15, 0.2) is 67.0 Å². The minimum atomic E-state index is -0.0423. The number of imidazole rings is 1. The van der Waals surface area contributed by atoms with Gasteiger partial charge in [0.05, 0.1) is 23.8 Å². The number of H-pyrrole nitrogens is 1. The van der Waals surface area contributed by atoms with E-state index in [1.807, 2.05) is 49.4 Å². The van der Waals surface area contributed by atoms with E-state index in [9.17, 15) is 10.2 Å². The standard InChI is InChI=1S/C23H19N5O3/c1-14-5-6-16(12-25-14)31-20-11-19-18(26-23(27-19)17-4-2-3-9-24-17)10-15(20)13-28-21(29)7-8-22(28)30/h2-12,29-30H,13H2,1H3,(H,26,27). The Kier molecular flexibility index (Phi) is 4.51. The summed E-state index contributed by atoms with van der Waals surface area (Å²) < 4.78 is 7.49. The third kappa shape index (κ3) is 3.66. The van der Waals surface area contributed by atoms with Crippen LogP contribution in [0.3, 0.4) is 0 Å². The number of nitrogens with one attached hydrogen (secondary N) is 1. The summed E-state index contributed by atoms with van der Waals surface area (Å²) in [7, 11) is 0. The van der Waals surface area contributed by atoms with Crippen molar-refractivity contribution in [2.45, 2.75) is 13.5 Å². The predicted octanol–water partition coefficient (Wildman–Crippen LogP) is 4.38. The average Bonchev–Trinajstić information content (AvgIpc) is 3.34. The molecule has 0 saturated heterocycles. The molecule has 0 aliphatic carbocycles. The Balaban J connectivity index is 1.61. The first-order valence-corrected chi connectivity index (χ1v) is 9.69. The van der Waals surface area contributed by atoms with Crippen LogP contribution in [-0.4, -0.2) is 34.7 Å². The molecule has 0 aliphatic rings. The van der Waals surface area contributed by atoms with E-state index >= 15 is 0 Å². The molecule has 0 atom stereocenters. The lowest BCUT2D eigenvalue weighted by molar-refractivity contribution is 0.375. The van der Waals surface area contributed by atoms with Crippen LogP contribution in [0.5, 0.6) is 23.3 Å². The van der Waals surface area contributed by atoms with Crippen molar-refractivity contribution in [3.63, 3.8) is 0 Å². The number of hydrogen-bond acceptors (Lipinski definition) is 6. The van der Waals surface area contributed by atoms with Gasteiger partial charge in [-0.15, -0.1) is 0 Å². The van der Waals surface area contributed by atoms with Gasteiger partial charge >= 0.3 is 0 Å². The highest BCUT2D eigenvalue weighted by Crippen LogP contribution is 2.33. The molecule has 8 nitrogen and oxygen atoms in total. The molecule has 0 radical (unpaired) electrons. The van der Waals surface area contributed by atoms with E-state index in [0.717, 1.165) is 22.5 Å². The number of pyridine rings is 2. The van der Waals surface area contributed by atoms with Crippen LogP contribution >= 0.6 is 0 Å². The van der Waals surface area contributed by atoms with Gasteiger partial charge in [0.2, 0.25) is 0 Å². The molecular weight excluding hydrogens is 394 g/mol. The number of benzene rings is 1. The molecule has 0 amide bonds. The maximum Gasteiger partial charge on any atom is 0.194 e. The fourth-order valence-electron chi connectivity index (χ4n) is 3.35. The van der Waals surface area contributed by atoms with Crippen LogP contribution in [0.25, 0.3) is 22.6 Å². The number of aromatic hydroxyl groups is 2. The van der Waals surface area contributed by atoms with Gasteiger partial charge in [0.15, 0.2) is 17.6 Å². The van der Waals surface area contributed by atoms with Gasteiger partial charge in [0.1, 0.15) is 17.2 Å². The molecule has 154 valence electrons. The fourth-order valence-corrected chi connectivity index (χ4v) is 3.35. The average molecular weight is 413 g/mol. The van der Waals surface area contributed by atoms with Gasteiger partial charge in [0, 0.05) is 35.7 Å². The van der Waals surface area contributed by atoms with Gasteiger partial charge < -0.3 is 19.9 Å². The van der Waals surface area contributed by atoms with Crippen LogP contribution < -0.4 is 4.74 Å². The smallest absolute Gasteiger partial charge is 0.194 e. The second kappa shape index (κ2) is 7.49.